The fraction of sp³-hybridized carbons (Fsp3) is 0.417. The maximum Gasteiger partial charge on any atom is 0.270 e. The van der Waals surface area contributed by atoms with Crippen LogP contribution >= 0.6 is 15.9 Å². The average Bonchev–Trinajstić information content (AvgIpc) is 3.02. The van der Waals surface area contributed by atoms with E-state index in [1.54, 1.807) is 6.33 Å². The van der Waals surface area contributed by atoms with Crippen LogP contribution in [0.1, 0.15) is 23.2 Å². The molecule has 0 N–H and O–H groups in total. The number of rotatable bonds is 2. The lowest BCUT2D eigenvalue weighted by atomic mass is 10.3. The Kier molecular flexibility index (Phi) is 3.14. The molecule has 6 nitrogen and oxygen atoms in total. The highest BCUT2D eigenvalue weighted by atomic mass is 79.9. The van der Waals surface area contributed by atoms with Gasteiger partial charge >= 0.3 is 0 Å². The van der Waals surface area contributed by atoms with E-state index < -0.39 is 0 Å². The van der Waals surface area contributed by atoms with Gasteiger partial charge in [0.1, 0.15) is 12.0 Å². The third kappa shape index (κ3) is 2.18. The second-order valence-corrected chi connectivity index (χ2v) is 5.41. The first-order valence-electron chi connectivity index (χ1n) is 6.20. The number of hydrogen-bond acceptors (Lipinski definition) is 3. The summed E-state index contributed by atoms with van der Waals surface area (Å²) in [6.45, 7) is 4.76. The number of amides is 1. The summed E-state index contributed by atoms with van der Waals surface area (Å²) in [7, 11) is 0. The smallest absolute Gasteiger partial charge is 0.270 e. The van der Waals surface area contributed by atoms with Gasteiger partial charge in [-0.2, -0.15) is 0 Å². The van der Waals surface area contributed by atoms with Crippen molar-refractivity contribution in [1.82, 2.24) is 24.2 Å². The van der Waals surface area contributed by atoms with Gasteiger partial charge in [0, 0.05) is 30.3 Å². The molecule has 0 saturated carbocycles. The quantitative estimate of drug-likeness (QED) is 0.842. The Morgan fingerprint density at radius 2 is 2.32 bits per heavy atom. The Morgan fingerprint density at radius 1 is 1.47 bits per heavy atom. The molecule has 19 heavy (non-hydrogen) atoms. The standard InChI is InChI=1S/C12H14BrN5O/c1-2-16-6-9(13)5-10(16)12(19)17-3-4-18-8-14-15-11(18)7-17/h5-6,8H,2-4,7H2,1H3. The van der Waals surface area contributed by atoms with Crippen molar-refractivity contribution in [2.75, 3.05) is 6.54 Å². The molecule has 0 spiro atoms. The highest BCUT2D eigenvalue weighted by Gasteiger charge is 2.24. The average molecular weight is 324 g/mol. The normalized spacial score (nSPS) is 14.5. The van der Waals surface area contributed by atoms with Crippen LogP contribution < -0.4 is 0 Å². The molecule has 0 bridgehead atoms. The van der Waals surface area contributed by atoms with Crippen LogP contribution in [-0.4, -0.2) is 36.7 Å². The van der Waals surface area contributed by atoms with Crippen LogP contribution in [0.25, 0.3) is 0 Å². The van der Waals surface area contributed by atoms with Crippen LogP contribution in [0.15, 0.2) is 23.1 Å². The molecule has 0 atom stereocenters. The lowest BCUT2D eigenvalue weighted by molar-refractivity contribution is 0.0696. The van der Waals surface area contributed by atoms with Gasteiger partial charge < -0.3 is 14.0 Å². The monoisotopic (exact) mass is 323 g/mol. The molecule has 3 heterocycles. The Morgan fingerprint density at radius 3 is 3.11 bits per heavy atom. The number of aryl methyl sites for hydroxylation is 1. The number of carbonyl (C=O) groups is 1. The van der Waals surface area contributed by atoms with Gasteiger partial charge in [-0.3, -0.25) is 4.79 Å². The van der Waals surface area contributed by atoms with Gasteiger partial charge in [-0.25, -0.2) is 0 Å². The third-order valence-electron chi connectivity index (χ3n) is 3.35. The number of aromatic nitrogens is 4. The molecule has 0 unspecified atom stereocenters. The van der Waals surface area contributed by atoms with E-state index in [-0.39, 0.29) is 5.91 Å². The van der Waals surface area contributed by atoms with Crippen molar-refractivity contribution >= 4 is 21.8 Å². The molecule has 1 aliphatic rings. The molecule has 0 saturated heterocycles. The lowest BCUT2D eigenvalue weighted by Crippen LogP contribution is -2.39. The molecule has 0 aliphatic carbocycles. The highest BCUT2D eigenvalue weighted by molar-refractivity contribution is 9.10. The zero-order chi connectivity index (χ0) is 13.4. The van der Waals surface area contributed by atoms with Crippen LogP contribution in [-0.2, 0) is 19.6 Å². The van der Waals surface area contributed by atoms with Gasteiger partial charge in [-0.15, -0.1) is 10.2 Å². The van der Waals surface area contributed by atoms with Crippen LogP contribution in [0.4, 0.5) is 0 Å². The van der Waals surface area contributed by atoms with Gasteiger partial charge in [0.05, 0.1) is 6.54 Å². The summed E-state index contributed by atoms with van der Waals surface area (Å²) in [4.78, 5) is 14.4. The lowest BCUT2D eigenvalue weighted by Gasteiger charge is -2.27. The first-order chi connectivity index (χ1) is 9.19. The van der Waals surface area contributed by atoms with Gasteiger partial charge in [-0.05, 0) is 28.9 Å². The Balaban J connectivity index is 1.85. The second-order valence-electron chi connectivity index (χ2n) is 4.50. The van der Waals surface area contributed by atoms with Crippen molar-refractivity contribution in [3.63, 3.8) is 0 Å². The topological polar surface area (TPSA) is 56.0 Å². The van der Waals surface area contributed by atoms with E-state index in [0.717, 1.165) is 23.4 Å². The van der Waals surface area contributed by atoms with Crippen LogP contribution in [0, 0.1) is 0 Å². The molecule has 2 aromatic rings. The number of nitrogens with zero attached hydrogens (tertiary/aromatic N) is 5. The highest BCUT2D eigenvalue weighted by Crippen LogP contribution is 2.19. The van der Waals surface area contributed by atoms with Crippen molar-refractivity contribution in [3.05, 3.63) is 34.6 Å². The summed E-state index contributed by atoms with van der Waals surface area (Å²) in [5.41, 5.74) is 0.711. The molecule has 1 aliphatic heterocycles. The number of halogens is 1. The van der Waals surface area contributed by atoms with Gasteiger partial charge in [0.2, 0.25) is 0 Å². The zero-order valence-corrected chi connectivity index (χ0v) is 12.2. The first kappa shape index (κ1) is 12.4. The van der Waals surface area contributed by atoms with Crippen LogP contribution in [0.5, 0.6) is 0 Å². The molecule has 0 fully saturated rings. The third-order valence-corrected chi connectivity index (χ3v) is 3.78. The second kappa shape index (κ2) is 4.80. The molecule has 100 valence electrons. The first-order valence-corrected chi connectivity index (χ1v) is 7.00. The minimum Gasteiger partial charge on any atom is -0.343 e. The maximum absolute atomic E-state index is 12.6. The Hall–Kier alpha value is -1.63. The molecule has 0 aromatic carbocycles. The van der Waals surface area contributed by atoms with E-state index in [1.807, 2.05) is 33.2 Å². The van der Waals surface area contributed by atoms with Crippen LogP contribution in [0.2, 0.25) is 0 Å². The summed E-state index contributed by atoms with van der Waals surface area (Å²) in [5, 5.41) is 7.90. The largest absolute Gasteiger partial charge is 0.343 e. The SMILES string of the molecule is CCn1cc(Br)cc1C(=O)N1CCn2cnnc2C1. The fourth-order valence-electron chi connectivity index (χ4n) is 2.32. The van der Waals surface area contributed by atoms with E-state index in [1.165, 1.54) is 0 Å². The van der Waals surface area contributed by atoms with E-state index in [0.29, 0.717) is 18.8 Å². The Labute approximate surface area is 119 Å². The van der Waals surface area contributed by atoms with E-state index >= 15 is 0 Å². The van der Waals surface area contributed by atoms with Crippen molar-refractivity contribution in [1.29, 1.82) is 0 Å². The van der Waals surface area contributed by atoms with E-state index in [9.17, 15) is 4.79 Å². The van der Waals surface area contributed by atoms with Crippen molar-refractivity contribution in [3.8, 4) is 0 Å². The number of hydrogen-bond donors (Lipinski definition) is 0. The van der Waals surface area contributed by atoms with Gasteiger partial charge in [0.25, 0.3) is 5.91 Å². The molecule has 0 radical (unpaired) electrons. The molecule has 1 amide bonds. The summed E-state index contributed by atoms with van der Waals surface area (Å²) in [6.07, 6.45) is 3.64. The molecular formula is C12H14BrN5O. The zero-order valence-electron chi connectivity index (χ0n) is 10.6. The van der Waals surface area contributed by atoms with Crippen molar-refractivity contribution in [2.45, 2.75) is 26.6 Å². The van der Waals surface area contributed by atoms with Crippen molar-refractivity contribution in [2.24, 2.45) is 0 Å². The molecule has 3 rings (SSSR count). The van der Waals surface area contributed by atoms with Gasteiger partial charge in [0.15, 0.2) is 5.82 Å². The predicted molar refractivity (Wildman–Crippen MR) is 72.6 cm³/mol. The van der Waals surface area contributed by atoms with Crippen LogP contribution in [0.3, 0.4) is 0 Å². The summed E-state index contributed by atoms with van der Waals surface area (Å²) in [5.74, 6) is 0.884. The molecular weight excluding hydrogens is 310 g/mol. The maximum atomic E-state index is 12.6. The fourth-order valence-corrected chi connectivity index (χ4v) is 2.78. The van der Waals surface area contributed by atoms with Crippen molar-refractivity contribution < 1.29 is 4.79 Å². The predicted octanol–water partition coefficient (Wildman–Crippen LogP) is 1.52. The summed E-state index contributed by atoms with van der Waals surface area (Å²) < 4.78 is 4.86. The summed E-state index contributed by atoms with van der Waals surface area (Å²) >= 11 is 3.42. The number of fused-ring (bicyclic) bond motifs is 1. The molecule has 2 aromatic heterocycles. The Bertz CT molecular complexity index is 617. The molecule has 7 heteroatoms. The van der Waals surface area contributed by atoms with Gasteiger partial charge in [-0.1, -0.05) is 0 Å². The minimum absolute atomic E-state index is 0.0433. The minimum atomic E-state index is 0.0433. The number of carbonyl (C=O) groups excluding carboxylic acids is 1. The van der Waals surface area contributed by atoms with E-state index in [4.69, 9.17) is 0 Å². The summed E-state index contributed by atoms with van der Waals surface area (Å²) in [6, 6.07) is 1.87. The van der Waals surface area contributed by atoms with E-state index in [2.05, 4.69) is 26.1 Å².